The van der Waals surface area contributed by atoms with Crippen molar-refractivity contribution in [1.82, 2.24) is 9.55 Å². The number of nitrogens with zero attached hydrogens (tertiary/aromatic N) is 2. The number of hydrogen-bond donors (Lipinski definition) is 0. The fraction of sp³-hybridized carbons (Fsp3) is 0.438. The summed E-state index contributed by atoms with van der Waals surface area (Å²) >= 11 is 0. The summed E-state index contributed by atoms with van der Waals surface area (Å²) in [5.74, 6) is -0.308. The number of carbonyl (C=O) groups excluding carboxylic acids is 1. The third-order valence-corrected chi connectivity index (χ3v) is 3.29. The van der Waals surface area contributed by atoms with Gasteiger partial charge in [0.25, 0.3) is 5.56 Å². The lowest BCUT2D eigenvalue weighted by molar-refractivity contribution is -0.144. The van der Waals surface area contributed by atoms with Crippen LogP contribution in [0.25, 0.3) is 10.9 Å². The second-order valence-corrected chi connectivity index (χ2v) is 4.93. The summed E-state index contributed by atoms with van der Waals surface area (Å²) in [6.07, 6.45) is 3.26. The molecule has 0 fully saturated rings. The second kappa shape index (κ2) is 8.29. The van der Waals surface area contributed by atoms with Crippen LogP contribution < -0.4 is 5.56 Å². The summed E-state index contributed by atoms with van der Waals surface area (Å²) in [6, 6.07) is 7.15. The largest absolute Gasteiger partial charge is 0.466 e. The van der Waals surface area contributed by atoms with E-state index in [-0.39, 0.29) is 24.5 Å². The van der Waals surface area contributed by atoms with Gasteiger partial charge in [-0.3, -0.25) is 14.2 Å². The van der Waals surface area contributed by atoms with E-state index in [0.29, 0.717) is 24.1 Å². The minimum atomic E-state index is -0.308. The Morgan fingerprint density at radius 1 is 1.23 bits per heavy atom. The molecule has 0 amide bonds. The zero-order chi connectivity index (χ0) is 15.8. The van der Waals surface area contributed by atoms with Crippen LogP contribution in [-0.4, -0.2) is 35.8 Å². The number of rotatable bonds is 8. The molecule has 1 aromatic carbocycles. The van der Waals surface area contributed by atoms with Crippen molar-refractivity contribution in [3.8, 4) is 0 Å². The Hall–Kier alpha value is -2.21. The number of unbranched alkanes of at least 4 members (excludes halogenated alkanes) is 1. The zero-order valence-corrected chi connectivity index (χ0v) is 12.7. The standard InChI is InChI=1S/C16H20N2O4/c1-21-10-4-5-11-22-15(19)8-9-18-12-17-14-7-3-2-6-13(14)16(18)20/h2-3,6-7,12H,4-5,8-11H2,1H3. The number of hydrogen-bond acceptors (Lipinski definition) is 5. The Morgan fingerprint density at radius 3 is 2.82 bits per heavy atom. The molecule has 0 saturated carbocycles. The fourth-order valence-corrected chi connectivity index (χ4v) is 2.08. The van der Waals surface area contributed by atoms with Crippen molar-refractivity contribution >= 4 is 16.9 Å². The number of ether oxygens (including phenoxy) is 2. The van der Waals surface area contributed by atoms with Crippen molar-refractivity contribution in [3.05, 3.63) is 40.9 Å². The van der Waals surface area contributed by atoms with Gasteiger partial charge in [-0.15, -0.1) is 0 Å². The summed E-state index contributed by atoms with van der Waals surface area (Å²) in [7, 11) is 1.64. The molecule has 2 rings (SSSR count). The molecule has 1 aromatic heterocycles. The van der Waals surface area contributed by atoms with Gasteiger partial charge in [-0.1, -0.05) is 12.1 Å². The van der Waals surface area contributed by atoms with Crippen molar-refractivity contribution in [2.45, 2.75) is 25.8 Å². The van der Waals surface area contributed by atoms with Crippen LogP contribution in [0.2, 0.25) is 0 Å². The van der Waals surface area contributed by atoms with Crippen molar-refractivity contribution in [1.29, 1.82) is 0 Å². The van der Waals surface area contributed by atoms with E-state index in [1.165, 1.54) is 10.9 Å². The minimum Gasteiger partial charge on any atom is -0.466 e. The third-order valence-electron chi connectivity index (χ3n) is 3.29. The molecule has 0 N–H and O–H groups in total. The smallest absolute Gasteiger partial charge is 0.307 e. The fourth-order valence-electron chi connectivity index (χ4n) is 2.08. The van der Waals surface area contributed by atoms with Crippen LogP contribution in [0.1, 0.15) is 19.3 Å². The number of aromatic nitrogens is 2. The first-order chi connectivity index (χ1) is 10.7. The lowest BCUT2D eigenvalue weighted by atomic mass is 10.2. The predicted octanol–water partition coefficient (Wildman–Crippen LogP) is 1.76. The molecule has 0 aliphatic carbocycles. The van der Waals surface area contributed by atoms with Gasteiger partial charge in [0.15, 0.2) is 0 Å². The molecule has 0 unspecified atom stereocenters. The molecular weight excluding hydrogens is 284 g/mol. The lowest BCUT2D eigenvalue weighted by Gasteiger charge is -2.07. The van der Waals surface area contributed by atoms with Crippen LogP contribution in [0.3, 0.4) is 0 Å². The molecule has 2 aromatic rings. The Morgan fingerprint density at radius 2 is 2.00 bits per heavy atom. The zero-order valence-electron chi connectivity index (χ0n) is 12.7. The summed E-state index contributed by atoms with van der Waals surface area (Å²) < 4.78 is 11.5. The average Bonchev–Trinajstić information content (AvgIpc) is 2.54. The van der Waals surface area contributed by atoms with Gasteiger partial charge in [0.1, 0.15) is 0 Å². The lowest BCUT2D eigenvalue weighted by Crippen LogP contribution is -2.22. The van der Waals surface area contributed by atoms with Crippen LogP contribution in [0.4, 0.5) is 0 Å². The van der Waals surface area contributed by atoms with Gasteiger partial charge in [0.05, 0.1) is 30.3 Å². The number of para-hydroxylation sites is 1. The number of fused-ring (bicyclic) bond motifs is 1. The van der Waals surface area contributed by atoms with E-state index in [4.69, 9.17) is 9.47 Å². The minimum absolute atomic E-state index is 0.140. The first-order valence-corrected chi connectivity index (χ1v) is 7.31. The topological polar surface area (TPSA) is 70.4 Å². The van der Waals surface area contributed by atoms with Gasteiger partial charge < -0.3 is 9.47 Å². The highest BCUT2D eigenvalue weighted by Gasteiger charge is 2.07. The Labute approximate surface area is 128 Å². The average molecular weight is 304 g/mol. The molecule has 6 nitrogen and oxygen atoms in total. The first kappa shape index (κ1) is 16.2. The first-order valence-electron chi connectivity index (χ1n) is 7.31. The van der Waals surface area contributed by atoms with E-state index in [1.54, 1.807) is 25.3 Å². The Bertz CT molecular complexity index is 681. The molecule has 0 radical (unpaired) electrons. The van der Waals surface area contributed by atoms with Gasteiger partial charge in [-0.05, 0) is 25.0 Å². The molecule has 22 heavy (non-hydrogen) atoms. The van der Waals surface area contributed by atoms with E-state index in [1.807, 2.05) is 6.07 Å². The third kappa shape index (κ3) is 4.39. The number of benzene rings is 1. The summed E-state index contributed by atoms with van der Waals surface area (Å²) in [4.78, 5) is 28.1. The summed E-state index contributed by atoms with van der Waals surface area (Å²) in [5, 5.41) is 0.554. The number of aryl methyl sites for hydroxylation is 1. The van der Waals surface area contributed by atoms with Crippen LogP contribution >= 0.6 is 0 Å². The highest BCUT2D eigenvalue weighted by Crippen LogP contribution is 2.05. The summed E-state index contributed by atoms with van der Waals surface area (Å²) in [5.41, 5.74) is 0.517. The number of carbonyl (C=O) groups is 1. The number of esters is 1. The van der Waals surface area contributed by atoms with Gasteiger partial charge >= 0.3 is 5.97 Å². The van der Waals surface area contributed by atoms with Crippen molar-refractivity contribution in [2.75, 3.05) is 20.3 Å². The van der Waals surface area contributed by atoms with Crippen molar-refractivity contribution < 1.29 is 14.3 Å². The van der Waals surface area contributed by atoms with E-state index in [2.05, 4.69) is 4.98 Å². The SMILES string of the molecule is COCCCCOC(=O)CCn1cnc2ccccc2c1=O. The maximum atomic E-state index is 12.2. The van der Waals surface area contributed by atoms with E-state index < -0.39 is 0 Å². The van der Waals surface area contributed by atoms with Gasteiger partial charge in [0, 0.05) is 20.3 Å². The molecule has 0 spiro atoms. The molecule has 0 saturated heterocycles. The van der Waals surface area contributed by atoms with E-state index >= 15 is 0 Å². The van der Waals surface area contributed by atoms with E-state index in [0.717, 1.165) is 12.8 Å². The van der Waals surface area contributed by atoms with Gasteiger partial charge in [0.2, 0.25) is 0 Å². The van der Waals surface area contributed by atoms with Gasteiger partial charge in [-0.2, -0.15) is 0 Å². The Kier molecular flexibility index (Phi) is 6.09. The van der Waals surface area contributed by atoms with Gasteiger partial charge in [-0.25, -0.2) is 4.98 Å². The molecule has 1 heterocycles. The molecule has 0 aliphatic rings. The second-order valence-electron chi connectivity index (χ2n) is 4.93. The van der Waals surface area contributed by atoms with Crippen LogP contribution in [0.5, 0.6) is 0 Å². The summed E-state index contributed by atoms with van der Waals surface area (Å²) in [6.45, 7) is 1.32. The highest BCUT2D eigenvalue weighted by molar-refractivity contribution is 5.77. The normalized spacial score (nSPS) is 10.8. The predicted molar refractivity (Wildman–Crippen MR) is 82.7 cm³/mol. The quantitative estimate of drug-likeness (QED) is 0.549. The molecule has 0 aliphatic heterocycles. The van der Waals surface area contributed by atoms with Crippen LogP contribution in [0.15, 0.2) is 35.4 Å². The van der Waals surface area contributed by atoms with Crippen LogP contribution in [0, 0.1) is 0 Å². The maximum Gasteiger partial charge on any atom is 0.307 e. The number of methoxy groups -OCH3 is 1. The van der Waals surface area contributed by atoms with Crippen molar-refractivity contribution in [3.63, 3.8) is 0 Å². The highest BCUT2D eigenvalue weighted by atomic mass is 16.5. The van der Waals surface area contributed by atoms with E-state index in [9.17, 15) is 9.59 Å². The molecule has 0 atom stereocenters. The molecular formula is C16H20N2O4. The molecule has 118 valence electrons. The molecule has 6 heteroatoms. The molecule has 0 bridgehead atoms. The van der Waals surface area contributed by atoms with Crippen LogP contribution in [-0.2, 0) is 20.8 Å². The maximum absolute atomic E-state index is 12.2. The Balaban J connectivity index is 1.85. The van der Waals surface area contributed by atoms with Crippen molar-refractivity contribution in [2.24, 2.45) is 0 Å². The monoisotopic (exact) mass is 304 g/mol.